The number of carbonyl (C=O) groups is 1. The number of thioether (sulfide) groups is 1. The average molecular weight is 627 g/mol. The van der Waals surface area contributed by atoms with E-state index in [1.165, 1.54) is 17.8 Å². The first-order valence-corrected chi connectivity index (χ1v) is 14.5. The lowest BCUT2D eigenvalue weighted by atomic mass is 9.95. The Morgan fingerprint density at radius 2 is 1.88 bits per heavy atom. The van der Waals surface area contributed by atoms with Crippen molar-refractivity contribution >= 4 is 46.0 Å². The van der Waals surface area contributed by atoms with E-state index in [0.717, 1.165) is 23.9 Å². The summed E-state index contributed by atoms with van der Waals surface area (Å²) in [5.74, 6) is -2.35. The molecule has 0 aliphatic carbocycles. The van der Waals surface area contributed by atoms with Gasteiger partial charge in [-0.3, -0.25) is 9.36 Å². The van der Waals surface area contributed by atoms with E-state index in [4.69, 9.17) is 16.3 Å². The van der Waals surface area contributed by atoms with Crippen molar-refractivity contribution < 1.29 is 31.5 Å². The van der Waals surface area contributed by atoms with Gasteiger partial charge >= 0.3 is 11.9 Å². The van der Waals surface area contributed by atoms with Crippen molar-refractivity contribution in [2.24, 2.45) is 0 Å². The maximum absolute atomic E-state index is 15.2. The smallest absolute Gasteiger partial charge is 0.383 e. The molecule has 3 atom stereocenters. The first-order valence-electron chi connectivity index (χ1n) is 13.1. The number of aromatic nitrogens is 2. The number of halogens is 6. The zero-order valence-corrected chi connectivity index (χ0v) is 23.8. The highest BCUT2D eigenvalue weighted by Crippen LogP contribution is 2.51. The number of benzene rings is 2. The summed E-state index contributed by atoms with van der Waals surface area (Å²) in [6.07, 6.45) is -2.34. The van der Waals surface area contributed by atoms with Crippen LogP contribution in [0, 0.1) is 11.6 Å². The number of alkyl halides is 3. The fraction of sp³-hybridized carbons (Fsp3) is 0.393. The van der Waals surface area contributed by atoms with Crippen molar-refractivity contribution in [3.05, 3.63) is 63.6 Å². The molecule has 4 heterocycles. The Morgan fingerprint density at radius 1 is 1.19 bits per heavy atom. The second kappa shape index (κ2) is 10.5. The molecule has 2 fully saturated rings. The lowest BCUT2D eigenvalue weighted by molar-refractivity contribution is -0.137. The molecule has 0 unspecified atom stereocenters. The highest BCUT2D eigenvalue weighted by atomic mass is 35.5. The summed E-state index contributed by atoms with van der Waals surface area (Å²) >= 11 is 6.93. The van der Waals surface area contributed by atoms with Gasteiger partial charge in [-0.25, -0.2) is 13.6 Å². The molecule has 0 radical (unpaired) electrons. The van der Waals surface area contributed by atoms with Gasteiger partial charge in [-0.1, -0.05) is 18.2 Å². The number of piperazine rings is 1. The number of hydrogen-bond donors (Lipinski definition) is 0. The van der Waals surface area contributed by atoms with Crippen molar-refractivity contribution in [3.8, 4) is 11.1 Å². The van der Waals surface area contributed by atoms with Crippen LogP contribution in [0.5, 0.6) is 0 Å². The number of carbonyl (C=O) groups excluding carboxylic acids is 1. The molecule has 2 aromatic carbocycles. The topological polar surface area (TPSA) is 67.7 Å². The number of amides is 1. The first kappa shape index (κ1) is 28.9. The average Bonchev–Trinajstić information content (AvgIpc) is 3.20. The van der Waals surface area contributed by atoms with E-state index in [0.29, 0.717) is 18.9 Å². The fourth-order valence-electron chi connectivity index (χ4n) is 6.39. The molecule has 2 saturated heterocycles. The second-order valence-corrected chi connectivity index (χ2v) is 12.0. The normalized spacial score (nSPS) is 21.7. The zero-order chi connectivity index (χ0) is 30.1. The molecule has 0 spiro atoms. The molecule has 3 aliphatic heterocycles. The standard InChI is InChI=1S/C28H24ClF5N4O3S/c1-3-22(39)37-13-4-5-14(37)10-36(9-13)26-17-6-18(28(32,33)34)23(16-7-19(29)21(31)8-20(16)30)25-24(17)38(27(40)35-26)15(11-41-2)12-42-25/h3,6-8,13-15H,1,4-5,9-12H2,2H3/t13-,14+,15-/m0/s1. The first-order chi connectivity index (χ1) is 19.9. The Balaban J connectivity index is 1.65. The quantitative estimate of drug-likeness (QED) is 0.207. The fourth-order valence-corrected chi connectivity index (χ4v) is 7.87. The Kier molecular flexibility index (Phi) is 7.25. The number of fused-ring (bicyclic) bond motifs is 2. The summed E-state index contributed by atoms with van der Waals surface area (Å²) in [5, 5.41) is -0.481. The molecule has 0 N–H and O–H groups in total. The van der Waals surface area contributed by atoms with E-state index in [1.807, 2.05) is 0 Å². The van der Waals surface area contributed by atoms with Crippen LogP contribution in [-0.2, 0) is 15.7 Å². The Hall–Kier alpha value is -3.16. The molecule has 1 aromatic heterocycles. The summed E-state index contributed by atoms with van der Waals surface area (Å²) in [6.45, 7) is 4.17. The highest BCUT2D eigenvalue weighted by Gasteiger charge is 2.44. The molecule has 6 rings (SSSR count). The van der Waals surface area contributed by atoms with Gasteiger partial charge in [-0.15, -0.1) is 11.8 Å². The van der Waals surface area contributed by atoms with Crippen LogP contribution >= 0.6 is 23.4 Å². The van der Waals surface area contributed by atoms with Gasteiger partial charge in [0.05, 0.1) is 28.8 Å². The Labute approximate surface area is 245 Å². The maximum Gasteiger partial charge on any atom is 0.417 e. The predicted molar refractivity (Wildman–Crippen MR) is 149 cm³/mol. The third-order valence-electron chi connectivity index (χ3n) is 8.08. The van der Waals surface area contributed by atoms with Crippen LogP contribution in [0.15, 0.2) is 40.5 Å². The van der Waals surface area contributed by atoms with Crippen molar-refractivity contribution in [2.45, 2.75) is 42.0 Å². The summed E-state index contributed by atoms with van der Waals surface area (Å²) in [7, 11) is 1.44. The molecule has 222 valence electrons. The van der Waals surface area contributed by atoms with Crippen molar-refractivity contribution in [1.82, 2.24) is 14.5 Å². The van der Waals surface area contributed by atoms with E-state index < -0.39 is 51.3 Å². The van der Waals surface area contributed by atoms with Crippen LogP contribution in [0.3, 0.4) is 0 Å². The largest absolute Gasteiger partial charge is 0.417 e. The minimum Gasteiger partial charge on any atom is -0.383 e. The van der Waals surface area contributed by atoms with E-state index in [2.05, 4.69) is 11.6 Å². The van der Waals surface area contributed by atoms with Crippen LogP contribution in [0.2, 0.25) is 5.02 Å². The highest BCUT2D eigenvalue weighted by molar-refractivity contribution is 7.99. The van der Waals surface area contributed by atoms with Crippen molar-refractivity contribution in [2.75, 3.05) is 37.5 Å². The molecular weight excluding hydrogens is 603 g/mol. The Bertz CT molecular complexity index is 1680. The number of hydrogen-bond acceptors (Lipinski definition) is 6. The molecule has 2 bridgehead atoms. The number of anilines is 1. The molecule has 7 nitrogen and oxygen atoms in total. The summed E-state index contributed by atoms with van der Waals surface area (Å²) < 4.78 is 80.1. The third kappa shape index (κ3) is 4.56. The van der Waals surface area contributed by atoms with E-state index in [1.54, 1.807) is 9.80 Å². The number of rotatable bonds is 5. The van der Waals surface area contributed by atoms with Gasteiger partial charge in [0, 0.05) is 65.5 Å². The second-order valence-electron chi connectivity index (χ2n) is 10.5. The molecular formula is C28H24ClF5N4O3S. The molecule has 3 aliphatic rings. The predicted octanol–water partition coefficient (Wildman–Crippen LogP) is 5.67. The number of ether oxygens (including phenoxy) is 1. The van der Waals surface area contributed by atoms with Gasteiger partial charge in [0.25, 0.3) is 0 Å². The number of methoxy groups -OCH3 is 1. The van der Waals surface area contributed by atoms with Crippen LogP contribution < -0.4 is 10.6 Å². The lowest BCUT2D eigenvalue weighted by Gasteiger charge is -2.42. The minimum atomic E-state index is -4.95. The minimum absolute atomic E-state index is 0.0120. The van der Waals surface area contributed by atoms with Gasteiger partial charge in [0.15, 0.2) is 0 Å². The SMILES string of the molecule is C=CC(=O)N1[C@@H]2CC[C@H]1CN(c1nc(=O)n3c4c(c(-c5cc(Cl)c(F)cc5F)c(C(F)(F)F)cc14)SC[C@@H]3COC)C2. The molecule has 0 saturated carbocycles. The lowest BCUT2D eigenvalue weighted by Crippen LogP contribution is -2.56. The molecule has 3 aromatic rings. The van der Waals surface area contributed by atoms with Crippen molar-refractivity contribution in [3.63, 3.8) is 0 Å². The van der Waals surface area contributed by atoms with E-state index in [9.17, 15) is 27.2 Å². The van der Waals surface area contributed by atoms with E-state index >= 15 is 4.39 Å². The Morgan fingerprint density at radius 3 is 2.50 bits per heavy atom. The number of nitrogens with zero attached hydrogens (tertiary/aromatic N) is 4. The van der Waals surface area contributed by atoms with Gasteiger partial charge in [0.1, 0.15) is 17.5 Å². The van der Waals surface area contributed by atoms with Crippen molar-refractivity contribution in [1.29, 1.82) is 0 Å². The van der Waals surface area contributed by atoms with Gasteiger partial charge in [-0.05, 0) is 31.1 Å². The van der Waals surface area contributed by atoms with Crippen LogP contribution in [0.25, 0.3) is 22.0 Å². The van der Waals surface area contributed by atoms with Crippen LogP contribution in [0.4, 0.5) is 27.8 Å². The summed E-state index contributed by atoms with van der Waals surface area (Å²) in [5.41, 5.74) is -2.76. The van der Waals surface area contributed by atoms with Crippen LogP contribution in [0.1, 0.15) is 24.4 Å². The monoisotopic (exact) mass is 626 g/mol. The van der Waals surface area contributed by atoms with Gasteiger partial charge in [-0.2, -0.15) is 18.2 Å². The summed E-state index contributed by atoms with van der Waals surface area (Å²) in [4.78, 5) is 33.9. The third-order valence-corrected chi connectivity index (χ3v) is 9.61. The van der Waals surface area contributed by atoms with Gasteiger partial charge < -0.3 is 14.5 Å². The molecule has 42 heavy (non-hydrogen) atoms. The maximum atomic E-state index is 15.2. The van der Waals surface area contributed by atoms with Crippen LogP contribution in [-0.4, -0.2) is 65.0 Å². The molecule has 14 heteroatoms. The van der Waals surface area contributed by atoms with Gasteiger partial charge in [0.2, 0.25) is 5.91 Å². The zero-order valence-electron chi connectivity index (χ0n) is 22.2. The summed E-state index contributed by atoms with van der Waals surface area (Å²) in [6, 6.07) is 1.14. The van der Waals surface area contributed by atoms with E-state index in [-0.39, 0.29) is 65.1 Å². The molecule has 1 amide bonds.